The van der Waals surface area contributed by atoms with Crippen molar-refractivity contribution in [2.45, 2.75) is 18.6 Å². The number of rotatable bonds is 6. The first kappa shape index (κ1) is 18.8. The molecule has 2 aromatic carbocycles. The lowest BCUT2D eigenvalue weighted by molar-refractivity contribution is -0.121. The average Bonchev–Trinajstić information content (AvgIpc) is 2.91. The van der Waals surface area contributed by atoms with Gasteiger partial charge in [-0.15, -0.1) is 0 Å². The molecule has 0 saturated carbocycles. The largest absolute Gasteiger partial charge is 0.506 e. The monoisotopic (exact) mass is 386 g/mol. The molecule has 0 aliphatic carbocycles. The van der Waals surface area contributed by atoms with Crippen LogP contribution in [0.2, 0.25) is 0 Å². The summed E-state index contributed by atoms with van der Waals surface area (Å²) in [5.74, 6) is -0.319. The van der Waals surface area contributed by atoms with Gasteiger partial charge in [-0.3, -0.25) is 14.4 Å². The van der Waals surface area contributed by atoms with E-state index in [2.05, 4.69) is 5.32 Å². The number of amides is 3. The summed E-state index contributed by atoms with van der Waals surface area (Å²) in [5, 5.41) is 11.0. The minimum Gasteiger partial charge on any atom is -0.506 e. The van der Waals surface area contributed by atoms with Gasteiger partial charge in [0.1, 0.15) is 16.7 Å². The van der Waals surface area contributed by atoms with E-state index in [9.17, 15) is 19.5 Å². The molecule has 0 aromatic heterocycles. The number of anilines is 2. The predicted molar refractivity (Wildman–Crippen MR) is 103 cm³/mol. The maximum atomic E-state index is 12.6. The summed E-state index contributed by atoms with van der Waals surface area (Å²) >= 11 is 0.817. The Morgan fingerprint density at radius 2 is 1.89 bits per heavy atom. The summed E-state index contributed by atoms with van der Waals surface area (Å²) in [6, 6.07) is 12.9. The van der Waals surface area contributed by atoms with Crippen molar-refractivity contribution in [3.05, 3.63) is 48.5 Å². The van der Waals surface area contributed by atoms with Crippen molar-refractivity contribution in [1.29, 1.82) is 0 Å². The molecule has 1 unspecified atom stereocenters. The molecule has 8 heteroatoms. The first-order valence-electron chi connectivity index (χ1n) is 8.35. The van der Waals surface area contributed by atoms with E-state index >= 15 is 0 Å². The Morgan fingerprint density at radius 3 is 2.56 bits per heavy atom. The number of carbonyl (C=O) groups excluding carboxylic acids is 3. The molecule has 27 heavy (non-hydrogen) atoms. The number of benzene rings is 2. The van der Waals surface area contributed by atoms with Crippen LogP contribution in [0.5, 0.6) is 11.5 Å². The van der Waals surface area contributed by atoms with Crippen LogP contribution in [-0.2, 0) is 9.59 Å². The average molecular weight is 386 g/mol. The van der Waals surface area contributed by atoms with E-state index in [0.29, 0.717) is 18.0 Å². The Bertz CT molecular complexity index is 869. The minimum absolute atomic E-state index is 0.0663. The Kier molecular flexibility index (Phi) is 5.66. The number of phenols is 1. The zero-order valence-corrected chi connectivity index (χ0v) is 15.4. The highest BCUT2D eigenvalue weighted by atomic mass is 32.2. The van der Waals surface area contributed by atoms with Crippen LogP contribution in [0.15, 0.2) is 48.5 Å². The van der Waals surface area contributed by atoms with Crippen LogP contribution in [0.3, 0.4) is 0 Å². The summed E-state index contributed by atoms with van der Waals surface area (Å²) in [6.45, 7) is 2.38. The molecular weight excluding hydrogens is 368 g/mol. The number of nitrogens with zero attached hydrogens (tertiary/aromatic N) is 1. The van der Waals surface area contributed by atoms with Crippen LogP contribution in [-0.4, -0.2) is 34.0 Å². The SMILES string of the molecule is CCOc1ccc(N2C(=O)SC(CC(=O)Nc3ccccc3O)C2=O)cc1. The molecule has 1 aliphatic rings. The third-order valence-corrected chi connectivity index (χ3v) is 4.91. The van der Waals surface area contributed by atoms with E-state index in [1.165, 1.54) is 6.07 Å². The number of hydrogen-bond acceptors (Lipinski definition) is 6. The molecule has 1 fully saturated rings. The van der Waals surface area contributed by atoms with Gasteiger partial charge in [0.2, 0.25) is 11.8 Å². The second kappa shape index (κ2) is 8.13. The molecule has 1 saturated heterocycles. The normalized spacial score (nSPS) is 16.5. The van der Waals surface area contributed by atoms with Crippen LogP contribution < -0.4 is 15.0 Å². The highest BCUT2D eigenvalue weighted by Crippen LogP contribution is 2.34. The van der Waals surface area contributed by atoms with Gasteiger partial charge >= 0.3 is 0 Å². The summed E-state index contributed by atoms with van der Waals surface area (Å²) in [6.07, 6.45) is -0.170. The first-order chi connectivity index (χ1) is 13.0. The van der Waals surface area contributed by atoms with Crippen molar-refractivity contribution >= 4 is 40.2 Å². The number of hydrogen-bond donors (Lipinski definition) is 2. The summed E-state index contributed by atoms with van der Waals surface area (Å²) < 4.78 is 5.35. The highest BCUT2D eigenvalue weighted by Gasteiger charge is 2.41. The zero-order valence-electron chi connectivity index (χ0n) is 14.5. The number of thioether (sulfide) groups is 1. The molecule has 1 aliphatic heterocycles. The van der Waals surface area contributed by atoms with Crippen molar-refractivity contribution in [3.63, 3.8) is 0 Å². The number of phenolic OH excluding ortho intramolecular Hbond substituents is 1. The topological polar surface area (TPSA) is 95.9 Å². The van der Waals surface area contributed by atoms with Crippen molar-refractivity contribution in [2.24, 2.45) is 0 Å². The third-order valence-electron chi connectivity index (χ3n) is 3.88. The third kappa shape index (κ3) is 4.22. The number of aromatic hydroxyl groups is 1. The Balaban J connectivity index is 1.66. The van der Waals surface area contributed by atoms with Gasteiger partial charge in [0, 0.05) is 6.42 Å². The number of para-hydroxylation sites is 2. The predicted octanol–water partition coefficient (Wildman–Crippen LogP) is 3.39. The van der Waals surface area contributed by atoms with E-state index in [1.807, 2.05) is 6.92 Å². The van der Waals surface area contributed by atoms with Gasteiger partial charge in [-0.2, -0.15) is 0 Å². The van der Waals surface area contributed by atoms with E-state index in [-0.39, 0.29) is 17.9 Å². The number of nitrogens with one attached hydrogen (secondary N) is 1. The smallest absolute Gasteiger partial charge is 0.293 e. The van der Waals surface area contributed by atoms with Gasteiger partial charge in [0.05, 0.1) is 18.0 Å². The minimum atomic E-state index is -0.810. The summed E-state index contributed by atoms with van der Waals surface area (Å²) in [4.78, 5) is 38.1. The van der Waals surface area contributed by atoms with Crippen LogP contribution in [0.25, 0.3) is 0 Å². The molecule has 1 heterocycles. The summed E-state index contributed by atoms with van der Waals surface area (Å²) in [5.41, 5.74) is 0.692. The van der Waals surface area contributed by atoms with Gasteiger partial charge in [-0.25, -0.2) is 4.90 Å². The molecule has 2 aromatic rings. The van der Waals surface area contributed by atoms with Crippen molar-refractivity contribution in [1.82, 2.24) is 0 Å². The molecule has 3 amide bonds. The molecule has 0 spiro atoms. The van der Waals surface area contributed by atoms with Crippen LogP contribution >= 0.6 is 11.8 Å². The molecule has 140 valence electrons. The van der Waals surface area contributed by atoms with Crippen molar-refractivity contribution in [2.75, 3.05) is 16.8 Å². The molecule has 3 rings (SSSR count). The number of carbonyl (C=O) groups is 3. The lowest BCUT2D eigenvalue weighted by atomic mass is 10.2. The highest BCUT2D eigenvalue weighted by molar-refractivity contribution is 8.15. The standard InChI is InChI=1S/C19H18N2O5S/c1-2-26-13-9-7-12(8-10-13)21-18(24)16(27-19(21)25)11-17(23)20-14-5-3-4-6-15(14)22/h3-10,16,22H,2,11H2,1H3,(H,20,23). The quantitative estimate of drug-likeness (QED) is 0.739. The van der Waals surface area contributed by atoms with Gasteiger partial charge in [-0.05, 0) is 55.1 Å². The van der Waals surface area contributed by atoms with Crippen LogP contribution in [0.4, 0.5) is 16.2 Å². The van der Waals surface area contributed by atoms with Crippen molar-refractivity contribution in [3.8, 4) is 11.5 Å². The van der Waals surface area contributed by atoms with E-state index in [4.69, 9.17) is 4.74 Å². The molecule has 7 nitrogen and oxygen atoms in total. The zero-order chi connectivity index (χ0) is 19.4. The molecule has 0 radical (unpaired) electrons. The fourth-order valence-electron chi connectivity index (χ4n) is 2.63. The second-order valence-electron chi connectivity index (χ2n) is 5.74. The van der Waals surface area contributed by atoms with Crippen LogP contribution in [0, 0.1) is 0 Å². The first-order valence-corrected chi connectivity index (χ1v) is 9.23. The summed E-state index contributed by atoms with van der Waals surface area (Å²) in [7, 11) is 0. The Morgan fingerprint density at radius 1 is 1.19 bits per heavy atom. The maximum absolute atomic E-state index is 12.6. The lowest BCUT2D eigenvalue weighted by Crippen LogP contribution is -2.32. The maximum Gasteiger partial charge on any atom is 0.293 e. The number of imide groups is 1. The number of ether oxygens (including phenoxy) is 1. The lowest BCUT2D eigenvalue weighted by Gasteiger charge is -2.14. The van der Waals surface area contributed by atoms with Gasteiger partial charge < -0.3 is 15.2 Å². The van der Waals surface area contributed by atoms with Crippen molar-refractivity contribution < 1.29 is 24.2 Å². The fraction of sp³-hybridized carbons (Fsp3) is 0.211. The van der Waals surface area contributed by atoms with Crippen LogP contribution in [0.1, 0.15) is 13.3 Å². The molecule has 2 N–H and O–H groups in total. The molecule has 1 atom stereocenters. The molecule has 0 bridgehead atoms. The Labute approximate surface area is 160 Å². The Hall–Kier alpha value is -3.00. The van der Waals surface area contributed by atoms with E-state index in [1.54, 1.807) is 42.5 Å². The van der Waals surface area contributed by atoms with Gasteiger partial charge in [0.25, 0.3) is 5.24 Å². The fourth-order valence-corrected chi connectivity index (χ4v) is 3.61. The second-order valence-corrected chi connectivity index (χ2v) is 6.90. The van der Waals surface area contributed by atoms with Gasteiger partial charge in [-0.1, -0.05) is 12.1 Å². The van der Waals surface area contributed by atoms with Gasteiger partial charge in [0.15, 0.2) is 0 Å². The van der Waals surface area contributed by atoms with E-state index in [0.717, 1.165) is 16.7 Å². The molecular formula is C19H18N2O5S. The van der Waals surface area contributed by atoms with E-state index < -0.39 is 22.3 Å².